The molecule has 0 aromatic carbocycles. The lowest BCUT2D eigenvalue weighted by Gasteiger charge is -2.34. The van der Waals surface area contributed by atoms with Crippen LogP contribution in [-0.2, 0) is 16.1 Å². The summed E-state index contributed by atoms with van der Waals surface area (Å²) in [6.07, 6.45) is 0.919. The smallest absolute Gasteiger partial charge is 0.289 e. The summed E-state index contributed by atoms with van der Waals surface area (Å²) in [7, 11) is 1.58. The third-order valence-corrected chi connectivity index (χ3v) is 4.21. The number of piperazine rings is 1. The molecule has 1 aliphatic heterocycles. The van der Waals surface area contributed by atoms with Crippen LogP contribution in [0.2, 0.25) is 0 Å². The molecule has 1 unspecified atom stereocenters. The van der Waals surface area contributed by atoms with E-state index in [0.717, 1.165) is 6.42 Å². The summed E-state index contributed by atoms with van der Waals surface area (Å²) in [5, 5.41) is 2.96. The van der Waals surface area contributed by atoms with Gasteiger partial charge in [-0.1, -0.05) is 6.92 Å². The molecular formula is C17H27N3O4. The number of hydrogen-bond acceptors (Lipinski definition) is 5. The molecule has 0 saturated carbocycles. The monoisotopic (exact) mass is 337 g/mol. The first kappa shape index (κ1) is 18.5. The minimum atomic E-state index is -0.110. The highest BCUT2D eigenvalue weighted by Crippen LogP contribution is 2.13. The van der Waals surface area contributed by atoms with Gasteiger partial charge in [-0.2, -0.15) is 0 Å². The zero-order valence-corrected chi connectivity index (χ0v) is 14.7. The van der Waals surface area contributed by atoms with Gasteiger partial charge >= 0.3 is 0 Å². The van der Waals surface area contributed by atoms with Crippen molar-refractivity contribution >= 4 is 11.8 Å². The Morgan fingerprint density at radius 3 is 2.62 bits per heavy atom. The number of methoxy groups -OCH3 is 1. The molecule has 1 aromatic heterocycles. The van der Waals surface area contributed by atoms with E-state index in [4.69, 9.17) is 9.15 Å². The highest BCUT2D eigenvalue weighted by atomic mass is 16.5. The Morgan fingerprint density at radius 1 is 1.29 bits per heavy atom. The normalized spacial score (nSPS) is 16.9. The van der Waals surface area contributed by atoms with E-state index < -0.39 is 0 Å². The summed E-state index contributed by atoms with van der Waals surface area (Å²) in [6, 6.07) is 3.63. The van der Waals surface area contributed by atoms with Crippen molar-refractivity contribution in [2.24, 2.45) is 0 Å². The van der Waals surface area contributed by atoms with Gasteiger partial charge in [0.05, 0.1) is 6.54 Å². The van der Waals surface area contributed by atoms with E-state index in [1.807, 2.05) is 13.8 Å². The quantitative estimate of drug-likeness (QED) is 0.806. The highest BCUT2D eigenvalue weighted by molar-refractivity contribution is 5.91. The zero-order valence-electron chi connectivity index (χ0n) is 14.7. The Labute approximate surface area is 142 Å². The summed E-state index contributed by atoms with van der Waals surface area (Å²) in [6.45, 7) is 7.33. The third kappa shape index (κ3) is 5.07. The Kier molecular flexibility index (Phi) is 6.81. The fraction of sp³-hybridized carbons (Fsp3) is 0.647. The van der Waals surface area contributed by atoms with Gasteiger partial charge in [-0.3, -0.25) is 14.5 Å². The number of hydrogen-bond donors (Lipinski definition) is 1. The first-order valence-corrected chi connectivity index (χ1v) is 8.42. The van der Waals surface area contributed by atoms with E-state index in [1.165, 1.54) is 0 Å². The van der Waals surface area contributed by atoms with Gasteiger partial charge in [0.1, 0.15) is 12.4 Å². The van der Waals surface area contributed by atoms with Crippen LogP contribution in [0.5, 0.6) is 0 Å². The molecule has 0 radical (unpaired) electrons. The number of furan rings is 1. The number of nitrogens with zero attached hydrogens (tertiary/aromatic N) is 2. The molecule has 2 heterocycles. The topological polar surface area (TPSA) is 75.0 Å². The standard InChI is InChI=1S/C17H27N3O4/c1-4-13(2)18-16(21)11-19-7-9-20(10-8-19)17(22)15-6-5-14(24-15)12-23-3/h5-6,13H,4,7-12H2,1-3H3,(H,18,21). The van der Waals surface area contributed by atoms with E-state index in [9.17, 15) is 9.59 Å². The van der Waals surface area contributed by atoms with Crippen LogP contribution in [-0.4, -0.2) is 67.5 Å². The average molecular weight is 337 g/mol. The molecule has 1 saturated heterocycles. The molecule has 2 amide bonds. The van der Waals surface area contributed by atoms with Crippen LogP contribution in [0.1, 0.15) is 36.6 Å². The van der Waals surface area contributed by atoms with E-state index in [2.05, 4.69) is 10.2 Å². The van der Waals surface area contributed by atoms with E-state index in [-0.39, 0.29) is 17.9 Å². The van der Waals surface area contributed by atoms with Gasteiger partial charge < -0.3 is 19.4 Å². The van der Waals surface area contributed by atoms with E-state index in [1.54, 1.807) is 24.1 Å². The third-order valence-electron chi connectivity index (χ3n) is 4.21. The Balaban J connectivity index is 1.79. The van der Waals surface area contributed by atoms with Crippen molar-refractivity contribution in [1.82, 2.24) is 15.1 Å². The van der Waals surface area contributed by atoms with Gasteiger partial charge in [0.2, 0.25) is 5.91 Å². The SMILES string of the molecule is CCC(C)NC(=O)CN1CCN(C(=O)c2ccc(COC)o2)CC1. The molecule has 24 heavy (non-hydrogen) atoms. The van der Waals surface area contributed by atoms with Crippen molar-refractivity contribution in [1.29, 1.82) is 0 Å². The maximum atomic E-state index is 12.4. The van der Waals surface area contributed by atoms with Crippen LogP contribution in [0.4, 0.5) is 0 Å². The molecule has 1 aliphatic rings. The van der Waals surface area contributed by atoms with Crippen LogP contribution >= 0.6 is 0 Å². The van der Waals surface area contributed by atoms with E-state index >= 15 is 0 Å². The van der Waals surface area contributed by atoms with Crippen molar-refractivity contribution in [2.75, 3.05) is 39.8 Å². The number of carbonyl (C=O) groups is 2. The molecule has 7 nitrogen and oxygen atoms in total. The van der Waals surface area contributed by atoms with Gasteiger partial charge in [-0.25, -0.2) is 0 Å². The summed E-state index contributed by atoms with van der Waals surface area (Å²) in [5.74, 6) is 0.909. The number of amides is 2. The highest BCUT2D eigenvalue weighted by Gasteiger charge is 2.25. The second-order valence-electron chi connectivity index (χ2n) is 6.14. The second kappa shape index (κ2) is 8.84. The lowest BCUT2D eigenvalue weighted by atomic mass is 10.2. The van der Waals surface area contributed by atoms with Crippen molar-refractivity contribution in [3.8, 4) is 0 Å². The van der Waals surface area contributed by atoms with Gasteiger partial charge in [-0.15, -0.1) is 0 Å². The summed E-state index contributed by atoms with van der Waals surface area (Å²) in [5.41, 5.74) is 0. The molecule has 0 spiro atoms. The van der Waals surface area contributed by atoms with E-state index in [0.29, 0.717) is 50.9 Å². The Morgan fingerprint density at radius 2 is 2.00 bits per heavy atom. The molecule has 0 bridgehead atoms. The van der Waals surface area contributed by atoms with Crippen LogP contribution in [0, 0.1) is 0 Å². The Hall–Kier alpha value is -1.86. The molecule has 1 atom stereocenters. The Bertz CT molecular complexity index is 550. The predicted octanol–water partition coefficient (Wildman–Crippen LogP) is 1.10. The minimum absolute atomic E-state index is 0.0411. The molecule has 7 heteroatoms. The van der Waals surface area contributed by atoms with Gasteiger partial charge in [-0.05, 0) is 25.5 Å². The lowest BCUT2D eigenvalue weighted by Crippen LogP contribution is -2.51. The maximum absolute atomic E-state index is 12.4. The van der Waals surface area contributed by atoms with Crippen molar-refractivity contribution in [2.45, 2.75) is 32.9 Å². The van der Waals surface area contributed by atoms with Crippen LogP contribution < -0.4 is 5.32 Å². The van der Waals surface area contributed by atoms with Gasteiger partial charge in [0.15, 0.2) is 5.76 Å². The number of ether oxygens (including phenoxy) is 1. The molecule has 1 N–H and O–H groups in total. The average Bonchev–Trinajstić information content (AvgIpc) is 3.03. The molecule has 0 aliphatic carbocycles. The molecule has 1 fully saturated rings. The van der Waals surface area contributed by atoms with Crippen LogP contribution in [0.3, 0.4) is 0 Å². The largest absolute Gasteiger partial charge is 0.453 e. The first-order chi connectivity index (χ1) is 11.5. The molecule has 2 rings (SSSR count). The molecular weight excluding hydrogens is 310 g/mol. The first-order valence-electron chi connectivity index (χ1n) is 8.42. The number of nitrogens with one attached hydrogen (secondary N) is 1. The van der Waals surface area contributed by atoms with Crippen molar-refractivity contribution in [3.63, 3.8) is 0 Å². The number of rotatable bonds is 7. The maximum Gasteiger partial charge on any atom is 0.289 e. The van der Waals surface area contributed by atoms with Crippen LogP contribution in [0.25, 0.3) is 0 Å². The zero-order chi connectivity index (χ0) is 17.5. The summed E-state index contributed by atoms with van der Waals surface area (Å²) in [4.78, 5) is 28.2. The van der Waals surface area contributed by atoms with Gasteiger partial charge in [0.25, 0.3) is 5.91 Å². The van der Waals surface area contributed by atoms with Gasteiger partial charge in [0, 0.05) is 39.3 Å². The number of carbonyl (C=O) groups excluding carboxylic acids is 2. The van der Waals surface area contributed by atoms with Crippen molar-refractivity contribution < 1.29 is 18.7 Å². The van der Waals surface area contributed by atoms with Crippen LogP contribution in [0.15, 0.2) is 16.5 Å². The second-order valence-corrected chi connectivity index (χ2v) is 6.14. The molecule has 134 valence electrons. The fourth-order valence-electron chi connectivity index (χ4n) is 2.60. The molecule has 1 aromatic rings. The minimum Gasteiger partial charge on any atom is -0.453 e. The summed E-state index contributed by atoms with van der Waals surface area (Å²) >= 11 is 0. The fourth-order valence-corrected chi connectivity index (χ4v) is 2.60. The lowest BCUT2D eigenvalue weighted by molar-refractivity contribution is -0.123. The summed E-state index contributed by atoms with van der Waals surface area (Å²) < 4.78 is 10.5. The van der Waals surface area contributed by atoms with Crippen molar-refractivity contribution in [3.05, 3.63) is 23.7 Å². The predicted molar refractivity (Wildman–Crippen MR) is 89.7 cm³/mol.